The molecule has 212 valence electrons. The first-order chi connectivity index (χ1) is 19.6. The zero-order valence-electron chi connectivity index (χ0n) is 23.9. The molecule has 7 nitrogen and oxygen atoms in total. The molecule has 0 spiro atoms. The molecular formula is C33H43N5O2. The first-order valence-electron chi connectivity index (χ1n) is 15.6. The second kappa shape index (κ2) is 10.8. The highest BCUT2D eigenvalue weighted by molar-refractivity contribution is 5.97. The fourth-order valence-corrected chi connectivity index (χ4v) is 7.83. The molecule has 4 aliphatic heterocycles. The summed E-state index contributed by atoms with van der Waals surface area (Å²) in [5, 5.41) is 13.0. The summed E-state index contributed by atoms with van der Waals surface area (Å²) in [5.41, 5.74) is 5.21. The van der Waals surface area contributed by atoms with Crippen LogP contribution in [0.25, 0.3) is 10.8 Å². The summed E-state index contributed by atoms with van der Waals surface area (Å²) < 4.78 is 6.53. The number of aryl methyl sites for hydroxylation is 1. The van der Waals surface area contributed by atoms with Gasteiger partial charge in [0.05, 0.1) is 23.9 Å². The number of anilines is 2. The van der Waals surface area contributed by atoms with Gasteiger partial charge in [-0.2, -0.15) is 9.97 Å². The topological polar surface area (TPSA) is 65.0 Å². The lowest BCUT2D eigenvalue weighted by molar-refractivity contribution is 0.107. The van der Waals surface area contributed by atoms with Crippen LogP contribution in [0.3, 0.4) is 0 Å². The van der Waals surface area contributed by atoms with Crippen LogP contribution in [-0.4, -0.2) is 70.9 Å². The van der Waals surface area contributed by atoms with Crippen LogP contribution in [0.4, 0.5) is 11.5 Å². The van der Waals surface area contributed by atoms with Crippen molar-refractivity contribution in [1.82, 2.24) is 14.9 Å². The van der Waals surface area contributed by atoms with E-state index in [0.717, 1.165) is 69.8 Å². The van der Waals surface area contributed by atoms with Crippen LogP contribution >= 0.6 is 0 Å². The molecule has 0 saturated carbocycles. The van der Waals surface area contributed by atoms with Crippen molar-refractivity contribution >= 4 is 22.3 Å². The number of hydrogen-bond donors (Lipinski definition) is 1. The Morgan fingerprint density at radius 2 is 1.75 bits per heavy atom. The second-order valence-electron chi connectivity index (χ2n) is 12.4. The molecule has 0 aliphatic carbocycles. The third-order valence-corrected chi connectivity index (χ3v) is 9.99. The average molecular weight is 542 g/mol. The molecule has 0 radical (unpaired) electrons. The zero-order chi connectivity index (χ0) is 27.1. The van der Waals surface area contributed by atoms with Gasteiger partial charge in [0.15, 0.2) is 0 Å². The van der Waals surface area contributed by atoms with E-state index in [1.165, 1.54) is 66.4 Å². The molecule has 40 heavy (non-hydrogen) atoms. The van der Waals surface area contributed by atoms with Gasteiger partial charge in [-0.05, 0) is 87.9 Å². The van der Waals surface area contributed by atoms with E-state index in [2.05, 4.69) is 58.0 Å². The van der Waals surface area contributed by atoms with Gasteiger partial charge in [-0.1, -0.05) is 37.3 Å². The quantitative estimate of drug-likeness (QED) is 0.465. The molecule has 5 heterocycles. The van der Waals surface area contributed by atoms with E-state index in [4.69, 9.17) is 14.7 Å². The molecule has 1 unspecified atom stereocenters. The number of benzene rings is 2. The number of hydrogen-bond acceptors (Lipinski definition) is 7. The van der Waals surface area contributed by atoms with Crippen molar-refractivity contribution in [1.29, 1.82) is 0 Å². The van der Waals surface area contributed by atoms with Gasteiger partial charge >= 0.3 is 6.01 Å². The first kappa shape index (κ1) is 26.0. The Morgan fingerprint density at radius 1 is 0.925 bits per heavy atom. The van der Waals surface area contributed by atoms with Gasteiger partial charge in [0.2, 0.25) is 0 Å². The summed E-state index contributed by atoms with van der Waals surface area (Å²) >= 11 is 0. The van der Waals surface area contributed by atoms with E-state index in [1.54, 1.807) is 0 Å². The highest BCUT2D eigenvalue weighted by Crippen LogP contribution is 2.40. The van der Waals surface area contributed by atoms with Gasteiger partial charge in [-0.3, -0.25) is 4.90 Å². The minimum Gasteiger partial charge on any atom is -0.461 e. The van der Waals surface area contributed by atoms with Gasteiger partial charge in [0, 0.05) is 36.3 Å². The Bertz CT molecular complexity index is 1360. The van der Waals surface area contributed by atoms with Crippen LogP contribution in [0.1, 0.15) is 68.7 Å². The highest BCUT2D eigenvalue weighted by atomic mass is 16.5. The van der Waals surface area contributed by atoms with Gasteiger partial charge < -0.3 is 19.6 Å². The smallest absolute Gasteiger partial charge is 0.318 e. The largest absolute Gasteiger partial charge is 0.461 e. The van der Waals surface area contributed by atoms with Crippen LogP contribution in [0.15, 0.2) is 36.4 Å². The van der Waals surface area contributed by atoms with Crippen LogP contribution in [0.5, 0.6) is 6.01 Å². The van der Waals surface area contributed by atoms with Gasteiger partial charge in [0.25, 0.3) is 0 Å². The number of ether oxygens (including phenoxy) is 1. The maximum atomic E-state index is 10.3. The Kier molecular flexibility index (Phi) is 7.04. The fourth-order valence-electron chi connectivity index (χ4n) is 7.83. The van der Waals surface area contributed by atoms with Crippen molar-refractivity contribution in [2.24, 2.45) is 0 Å². The Labute approximate surface area is 238 Å². The molecule has 2 aromatic carbocycles. The molecule has 4 aliphatic rings. The van der Waals surface area contributed by atoms with E-state index in [-0.39, 0.29) is 11.6 Å². The number of rotatable bonds is 6. The fraction of sp³-hybridized carbons (Fsp3) is 0.576. The summed E-state index contributed by atoms with van der Waals surface area (Å²) in [6.45, 7) is 8.75. The van der Waals surface area contributed by atoms with Crippen LogP contribution in [0, 0.1) is 0 Å². The van der Waals surface area contributed by atoms with E-state index >= 15 is 0 Å². The number of aromatic nitrogens is 2. The molecule has 3 aromatic rings. The third-order valence-electron chi connectivity index (χ3n) is 9.99. The van der Waals surface area contributed by atoms with Crippen molar-refractivity contribution in [2.45, 2.75) is 82.9 Å². The molecule has 3 fully saturated rings. The average Bonchev–Trinajstić information content (AvgIpc) is 3.49. The molecular weight excluding hydrogens is 498 g/mol. The van der Waals surface area contributed by atoms with Crippen LogP contribution in [0.2, 0.25) is 0 Å². The lowest BCUT2D eigenvalue weighted by Crippen LogP contribution is -2.43. The maximum absolute atomic E-state index is 10.3. The molecule has 1 aromatic heterocycles. The molecule has 0 bridgehead atoms. The lowest BCUT2D eigenvalue weighted by atomic mass is 9.95. The molecule has 3 saturated heterocycles. The van der Waals surface area contributed by atoms with Crippen molar-refractivity contribution in [3.05, 3.63) is 53.2 Å². The van der Waals surface area contributed by atoms with E-state index in [9.17, 15) is 5.11 Å². The second-order valence-corrected chi connectivity index (χ2v) is 12.4. The monoisotopic (exact) mass is 541 g/mol. The summed E-state index contributed by atoms with van der Waals surface area (Å²) in [4.78, 5) is 17.7. The Morgan fingerprint density at radius 3 is 2.58 bits per heavy atom. The Balaban J connectivity index is 1.23. The number of aliphatic hydroxyl groups excluding tert-OH is 1. The van der Waals surface area contributed by atoms with Gasteiger partial charge in [0.1, 0.15) is 12.4 Å². The minimum atomic E-state index is -0.220. The van der Waals surface area contributed by atoms with Crippen LogP contribution < -0.4 is 14.5 Å². The van der Waals surface area contributed by atoms with E-state index < -0.39 is 0 Å². The van der Waals surface area contributed by atoms with Gasteiger partial charge in [-0.25, -0.2) is 0 Å². The zero-order valence-corrected chi connectivity index (χ0v) is 23.9. The van der Waals surface area contributed by atoms with Crippen LogP contribution in [-0.2, 0) is 19.4 Å². The molecule has 0 amide bonds. The molecule has 7 rings (SSSR count). The molecule has 1 N–H and O–H groups in total. The summed E-state index contributed by atoms with van der Waals surface area (Å²) in [6, 6.07) is 13.9. The van der Waals surface area contributed by atoms with Crippen molar-refractivity contribution < 1.29 is 9.84 Å². The summed E-state index contributed by atoms with van der Waals surface area (Å²) in [5.74, 6) is 1.04. The third kappa shape index (κ3) is 4.71. The highest BCUT2D eigenvalue weighted by Gasteiger charge is 2.45. The molecule has 7 heteroatoms. The van der Waals surface area contributed by atoms with E-state index in [1.807, 2.05) is 0 Å². The first-order valence-corrected chi connectivity index (χ1v) is 15.6. The number of aliphatic hydroxyl groups is 1. The summed E-state index contributed by atoms with van der Waals surface area (Å²) in [7, 11) is 0. The predicted octanol–water partition coefficient (Wildman–Crippen LogP) is 5.11. The minimum absolute atomic E-state index is 0.164. The SMILES string of the molecule is CCc1cccc2cccc(N3CCc4c(nc(OCC56CCCN5CCC6)nc4N4CCCC(O)CC4)C3)c12. The normalized spacial score (nSPS) is 22.8. The molecule has 1 atom stereocenters. The number of fused-ring (bicyclic) bond motifs is 3. The van der Waals surface area contributed by atoms with E-state index in [0.29, 0.717) is 12.6 Å². The van der Waals surface area contributed by atoms with Gasteiger partial charge in [-0.15, -0.1) is 0 Å². The van der Waals surface area contributed by atoms with Crippen molar-refractivity contribution in [3.8, 4) is 6.01 Å². The maximum Gasteiger partial charge on any atom is 0.318 e. The standard InChI is InChI=1S/C33H43N5O2/c1-2-24-8-3-9-25-10-4-12-29(30(24)25)37-21-14-27-28(22-37)34-32(35-31(27)36-17-5-11-26(39)13-20-36)40-23-33-15-6-18-38(33)19-7-16-33/h3-4,8-10,12,26,39H,2,5-7,11,13-23H2,1H3. The van der Waals surface area contributed by atoms with Crippen molar-refractivity contribution in [3.63, 3.8) is 0 Å². The predicted molar refractivity (Wildman–Crippen MR) is 160 cm³/mol. The Hall–Kier alpha value is -2.90. The number of nitrogens with zero attached hydrogens (tertiary/aromatic N) is 5. The lowest BCUT2D eigenvalue weighted by Gasteiger charge is -2.35. The van der Waals surface area contributed by atoms with Crippen molar-refractivity contribution in [2.75, 3.05) is 49.1 Å². The summed E-state index contributed by atoms with van der Waals surface area (Å²) in [6.07, 6.45) is 9.28.